The van der Waals surface area contributed by atoms with E-state index in [-0.39, 0.29) is 5.54 Å². The predicted molar refractivity (Wildman–Crippen MR) is 89.7 cm³/mol. The average Bonchev–Trinajstić information content (AvgIpc) is 2.75. The Bertz CT molecular complexity index is 327. The molecule has 0 aromatic heterocycles. The fraction of sp³-hybridized carbons (Fsp3) is 1.00. The van der Waals surface area contributed by atoms with Crippen molar-refractivity contribution in [2.75, 3.05) is 39.4 Å². The Balaban J connectivity index is 1.93. The maximum atomic E-state index is 5.77. The molecule has 3 nitrogen and oxygen atoms in total. The average molecular weight is 296 g/mol. The van der Waals surface area contributed by atoms with E-state index in [9.17, 15) is 0 Å². The van der Waals surface area contributed by atoms with Crippen LogP contribution in [-0.2, 0) is 4.74 Å². The monoisotopic (exact) mass is 296 g/mol. The second-order valence-corrected chi connectivity index (χ2v) is 9.20. The Hall–Kier alpha value is -0.120. The molecular formula is C18H36N2O. The molecule has 2 fully saturated rings. The van der Waals surface area contributed by atoms with Gasteiger partial charge in [0.25, 0.3) is 0 Å². The maximum Gasteiger partial charge on any atom is 0.0547 e. The fourth-order valence-electron chi connectivity index (χ4n) is 3.53. The molecule has 0 aliphatic carbocycles. The maximum absolute atomic E-state index is 5.77. The second-order valence-electron chi connectivity index (χ2n) is 9.20. The van der Waals surface area contributed by atoms with Crippen LogP contribution in [0.4, 0.5) is 0 Å². The summed E-state index contributed by atoms with van der Waals surface area (Å²) in [6, 6.07) is 0. The Morgan fingerprint density at radius 2 is 1.86 bits per heavy atom. The molecule has 1 N–H and O–H groups in total. The zero-order valence-electron chi connectivity index (χ0n) is 14.9. The third kappa shape index (κ3) is 5.54. The van der Waals surface area contributed by atoms with Crippen LogP contribution in [0.25, 0.3) is 0 Å². The molecule has 21 heavy (non-hydrogen) atoms. The van der Waals surface area contributed by atoms with Crippen molar-refractivity contribution < 1.29 is 4.74 Å². The molecule has 0 spiro atoms. The molecule has 1 atom stereocenters. The van der Waals surface area contributed by atoms with E-state index in [0.717, 1.165) is 19.8 Å². The highest BCUT2D eigenvalue weighted by atomic mass is 16.5. The number of hydrogen-bond donors (Lipinski definition) is 1. The van der Waals surface area contributed by atoms with Gasteiger partial charge in [-0.3, -0.25) is 0 Å². The number of rotatable bonds is 4. The zero-order chi connectivity index (χ0) is 15.6. The lowest BCUT2D eigenvalue weighted by Crippen LogP contribution is -2.49. The smallest absolute Gasteiger partial charge is 0.0547 e. The molecule has 0 saturated carbocycles. The second kappa shape index (κ2) is 6.55. The predicted octanol–water partition coefficient (Wildman–Crippen LogP) is 3.29. The number of ether oxygens (including phenoxy) is 1. The molecule has 0 radical (unpaired) electrons. The number of hydrogen-bond acceptors (Lipinski definition) is 3. The lowest BCUT2D eigenvalue weighted by Gasteiger charge is -2.36. The quantitative estimate of drug-likeness (QED) is 0.861. The summed E-state index contributed by atoms with van der Waals surface area (Å²) in [6.07, 6.45) is 5.25. The largest absolute Gasteiger partial charge is 0.381 e. The van der Waals surface area contributed by atoms with Crippen molar-refractivity contribution >= 4 is 0 Å². The Labute approximate surface area is 131 Å². The van der Waals surface area contributed by atoms with Crippen molar-refractivity contribution in [2.24, 2.45) is 10.8 Å². The zero-order valence-corrected chi connectivity index (χ0v) is 14.9. The molecule has 2 aliphatic heterocycles. The van der Waals surface area contributed by atoms with Crippen LogP contribution in [0.3, 0.4) is 0 Å². The summed E-state index contributed by atoms with van der Waals surface area (Å²) in [5, 5.41) is 3.72. The molecule has 0 amide bonds. The van der Waals surface area contributed by atoms with Gasteiger partial charge >= 0.3 is 0 Å². The fourth-order valence-corrected chi connectivity index (χ4v) is 3.53. The van der Waals surface area contributed by atoms with Gasteiger partial charge in [-0.05, 0) is 65.0 Å². The topological polar surface area (TPSA) is 24.5 Å². The van der Waals surface area contributed by atoms with Gasteiger partial charge < -0.3 is 15.0 Å². The van der Waals surface area contributed by atoms with Crippen LogP contribution in [0, 0.1) is 10.8 Å². The van der Waals surface area contributed by atoms with Crippen LogP contribution in [0.1, 0.15) is 60.3 Å². The van der Waals surface area contributed by atoms with Crippen molar-refractivity contribution in [1.29, 1.82) is 0 Å². The molecule has 1 unspecified atom stereocenters. The molecule has 2 aliphatic rings. The minimum Gasteiger partial charge on any atom is -0.381 e. The first kappa shape index (κ1) is 17.2. The normalized spacial score (nSPS) is 31.3. The third-order valence-electron chi connectivity index (χ3n) is 5.17. The van der Waals surface area contributed by atoms with Crippen LogP contribution in [0.5, 0.6) is 0 Å². The van der Waals surface area contributed by atoms with Crippen molar-refractivity contribution in [3.8, 4) is 0 Å². The minimum atomic E-state index is 0.191. The highest BCUT2D eigenvalue weighted by Crippen LogP contribution is 2.34. The van der Waals surface area contributed by atoms with Gasteiger partial charge in [-0.2, -0.15) is 0 Å². The summed E-state index contributed by atoms with van der Waals surface area (Å²) in [5.74, 6) is 0. The Kier molecular flexibility index (Phi) is 5.38. The van der Waals surface area contributed by atoms with Gasteiger partial charge in [0.2, 0.25) is 0 Å². The molecule has 2 rings (SSSR count). The van der Waals surface area contributed by atoms with E-state index in [0.29, 0.717) is 10.8 Å². The standard InChI is InChI=1S/C18H36N2O/c1-16(2,3)19-13-18(9-12-21-15-18)14-20-10-6-7-17(4,5)8-11-20/h19H,6-15H2,1-5H3. The van der Waals surface area contributed by atoms with Crippen LogP contribution < -0.4 is 5.32 Å². The van der Waals surface area contributed by atoms with Gasteiger partial charge in [-0.15, -0.1) is 0 Å². The lowest BCUT2D eigenvalue weighted by atomic mass is 9.85. The first-order chi connectivity index (χ1) is 9.70. The number of nitrogens with zero attached hydrogens (tertiary/aromatic N) is 1. The van der Waals surface area contributed by atoms with E-state index in [1.165, 1.54) is 45.3 Å². The highest BCUT2D eigenvalue weighted by Gasteiger charge is 2.38. The van der Waals surface area contributed by atoms with Gasteiger partial charge in [0.15, 0.2) is 0 Å². The minimum absolute atomic E-state index is 0.191. The summed E-state index contributed by atoms with van der Waals surface area (Å²) in [5.41, 5.74) is 1.04. The molecule has 124 valence electrons. The van der Waals surface area contributed by atoms with Crippen molar-refractivity contribution in [3.63, 3.8) is 0 Å². The summed E-state index contributed by atoms with van der Waals surface area (Å²) in [6.45, 7) is 18.3. The van der Waals surface area contributed by atoms with Crippen LogP contribution >= 0.6 is 0 Å². The number of likely N-dealkylation sites (tertiary alicyclic amines) is 1. The van der Waals surface area contributed by atoms with Gasteiger partial charge in [0.05, 0.1) is 6.61 Å². The first-order valence-electron chi connectivity index (χ1n) is 8.75. The summed E-state index contributed by atoms with van der Waals surface area (Å²) < 4.78 is 5.77. The molecule has 3 heteroatoms. The van der Waals surface area contributed by atoms with Crippen LogP contribution in [0.15, 0.2) is 0 Å². The van der Waals surface area contributed by atoms with Crippen LogP contribution in [0.2, 0.25) is 0 Å². The lowest BCUT2D eigenvalue weighted by molar-refractivity contribution is 0.103. The number of nitrogens with one attached hydrogen (secondary N) is 1. The van der Waals surface area contributed by atoms with Crippen LogP contribution in [-0.4, -0.2) is 49.8 Å². The molecule has 0 bridgehead atoms. The highest BCUT2D eigenvalue weighted by molar-refractivity contribution is 4.91. The van der Waals surface area contributed by atoms with Crippen molar-refractivity contribution in [1.82, 2.24) is 10.2 Å². The SMILES string of the molecule is CC1(C)CCCN(CC2(CNC(C)(C)C)CCOC2)CC1. The van der Waals surface area contributed by atoms with Gasteiger partial charge in [-0.1, -0.05) is 13.8 Å². The van der Waals surface area contributed by atoms with E-state index >= 15 is 0 Å². The van der Waals surface area contributed by atoms with Gasteiger partial charge in [-0.25, -0.2) is 0 Å². The van der Waals surface area contributed by atoms with E-state index in [4.69, 9.17) is 4.74 Å². The van der Waals surface area contributed by atoms with Gasteiger partial charge in [0.1, 0.15) is 0 Å². The van der Waals surface area contributed by atoms with E-state index < -0.39 is 0 Å². The third-order valence-corrected chi connectivity index (χ3v) is 5.17. The molecule has 0 aromatic carbocycles. The first-order valence-corrected chi connectivity index (χ1v) is 8.75. The Morgan fingerprint density at radius 1 is 1.10 bits per heavy atom. The molecule has 2 heterocycles. The van der Waals surface area contributed by atoms with E-state index in [1.54, 1.807) is 0 Å². The Morgan fingerprint density at radius 3 is 2.48 bits per heavy atom. The molecule has 2 saturated heterocycles. The molecular weight excluding hydrogens is 260 g/mol. The van der Waals surface area contributed by atoms with Crippen molar-refractivity contribution in [3.05, 3.63) is 0 Å². The summed E-state index contributed by atoms with van der Waals surface area (Å²) in [7, 11) is 0. The molecule has 0 aromatic rings. The van der Waals surface area contributed by atoms with Gasteiger partial charge in [0, 0.05) is 30.7 Å². The van der Waals surface area contributed by atoms with Crippen molar-refractivity contribution in [2.45, 2.75) is 65.8 Å². The van der Waals surface area contributed by atoms with E-state index in [2.05, 4.69) is 44.8 Å². The van der Waals surface area contributed by atoms with E-state index in [1.807, 2.05) is 0 Å². The summed E-state index contributed by atoms with van der Waals surface area (Å²) in [4.78, 5) is 2.70. The summed E-state index contributed by atoms with van der Waals surface area (Å²) >= 11 is 0.